The third kappa shape index (κ3) is 5.58. The van der Waals surface area contributed by atoms with Crippen molar-refractivity contribution in [1.82, 2.24) is 15.2 Å². The van der Waals surface area contributed by atoms with Crippen molar-refractivity contribution in [3.05, 3.63) is 16.1 Å². The van der Waals surface area contributed by atoms with Crippen LogP contribution in [0.25, 0.3) is 0 Å². The third-order valence-electron chi connectivity index (χ3n) is 2.22. The van der Waals surface area contributed by atoms with Crippen molar-refractivity contribution in [2.24, 2.45) is 0 Å². The summed E-state index contributed by atoms with van der Waals surface area (Å²) in [5.41, 5.74) is 1.33. The summed E-state index contributed by atoms with van der Waals surface area (Å²) < 4.78 is 0. The number of nitrogens with one attached hydrogen (secondary N) is 1. The van der Waals surface area contributed by atoms with Crippen LogP contribution in [0.1, 0.15) is 31.5 Å². The SMILES string of the molecule is Cc1csc(CN(C)CCNC(C)(C)C)n1. The molecule has 0 unspecified atom stereocenters. The van der Waals surface area contributed by atoms with E-state index in [4.69, 9.17) is 0 Å². The molecule has 0 atom stereocenters. The van der Waals surface area contributed by atoms with Gasteiger partial charge in [0, 0.05) is 29.7 Å². The zero-order valence-corrected chi connectivity index (χ0v) is 11.8. The second-order valence-corrected chi connectivity index (χ2v) is 6.24. The van der Waals surface area contributed by atoms with Gasteiger partial charge in [0.15, 0.2) is 0 Å². The summed E-state index contributed by atoms with van der Waals surface area (Å²) in [7, 11) is 2.14. The lowest BCUT2D eigenvalue weighted by Gasteiger charge is -2.23. The molecule has 1 aromatic heterocycles. The predicted octanol–water partition coefficient (Wildman–Crippen LogP) is 2.27. The van der Waals surface area contributed by atoms with Crippen LogP contribution in [0.15, 0.2) is 5.38 Å². The molecule has 1 aromatic rings. The molecule has 0 amide bonds. The molecule has 0 aliphatic rings. The van der Waals surface area contributed by atoms with Gasteiger partial charge in [-0.25, -0.2) is 4.98 Å². The highest BCUT2D eigenvalue weighted by Crippen LogP contribution is 2.10. The van der Waals surface area contributed by atoms with E-state index in [1.165, 1.54) is 5.01 Å². The van der Waals surface area contributed by atoms with Crippen molar-refractivity contribution in [1.29, 1.82) is 0 Å². The fourth-order valence-corrected chi connectivity index (χ4v) is 2.26. The number of likely N-dealkylation sites (N-methyl/N-ethyl adjacent to an activating group) is 1. The summed E-state index contributed by atoms with van der Waals surface area (Å²) in [5.74, 6) is 0. The Hall–Kier alpha value is -0.450. The maximum atomic E-state index is 4.46. The van der Waals surface area contributed by atoms with Crippen molar-refractivity contribution >= 4 is 11.3 Å². The van der Waals surface area contributed by atoms with Crippen LogP contribution in [-0.4, -0.2) is 35.6 Å². The van der Waals surface area contributed by atoms with Gasteiger partial charge in [-0.05, 0) is 34.7 Å². The van der Waals surface area contributed by atoms with E-state index in [9.17, 15) is 0 Å². The van der Waals surface area contributed by atoms with Gasteiger partial charge in [0.25, 0.3) is 0 Å². The molecule has 0 spiro atoms. The van der Waals surface area contributed by atoms with E-state index in [1.54, 1.807) is 11.3 Å². The number of thiazole rings is 1. The third-order valence-corrected chi connectivity index (χ3v) is 3.17. The molecule has 16 heavy (non-hydrogen) atoms. The zero-order valence-electron chi connectivity index (χ0n) is 11.0. The van der Waals surface area contributed by atoms with Gasteiger partial charge in [-0.15, -0.1) is 11.3 Å². The standard InChI is InChI=1S/C12H23N3S/c1-10-9-16-11(14-10)8-15(5)7-6-13-12(2,3)4/h9,13H,6-8H2,1-5H3. The second-order valence-electron chi connectivity index (χ2n) is 5.30. The number of nitrogens with zero attached hydrogens (tertiary/aromatic N) is 2. The number of aromatic nitrogens is 1. The first-order chi connectivity index (χ1) is 7.37. The predicted molar refractivity (Wildman–Crippen MR) is 70.9 cm³/mol. The van der Waals surface area contributed by atoms with E-state index in [0.717, 1.165) is 25.3 Å². The Kier molecular flexibility index (Phi) is 4.89. The van der Waals surface area contributed by atoms with E-state index < -0.39 is 0 Å². The molecule has 3 nitrogen and oxygen atoms in total. The summed E-state index contributed by atoms with van der Waals surface area (Å²) in [6, 6.07) is 0. The number of hydrogen-bond acceptors (Lipinski definition) is 4. The Morgan fingerprint density at radius 3 is 2.62 bits per heavy atom. The van der Waals surface area contributed by atoms with Crippen molar-refractivity contribution in [3.8, 4) is 0 Å². The maximum Gasteiger partial charge on any atom is 0.107 e. The molecule has 0 fully saturated rings. The zero-order chi connectivity index (χ0) is 12.2. The van der Waals surface area contributed by atoms with Crippen molar-refractivity contribution in [3.63, 3.8) is 0 Å². The van der Waals surface area contributed by atoms with Gasteiger partial charge in [0.2, 0.25) is 0 Å². The van der Waals surface area contributed by atoms with Crippen LogP contribution in [0.4, 0.5) is 0 Å². The summed E-state index contributed by atoms with van der Waals surface area (Å²) >= 11 is 1.74. The molecule has 92 valence electrons. The Morgan fingerprint density at radius 2 is 2.12 bits per heavy atom. The average Bonchev–Trinajstić information content (AvgIpc) is 2.48. The highest BCUT2D eigenvalue weighted by molar-refractivity contribution is 7.09. The smallest absolute Gasteiger partial charge is 0.107 e. The van der Waals surface area contributed by atoms with E-state index in [2.05, 4.69) is 48.4 Å². The Balaban J connectivity index is 2.23. The first-order valence-electron chi connectivity index (χ1n) is 5.71. The van der Waals surface area contributed by atoms with Gasteiger partial charge in [-0.3, -0.25) is 4.90 Å². The molecule has 0 saturated heterocycles. The van der Waals surface area contributed by atoms with E-state index >= 15 is 0 Å². The van der Waals surface area contributed by atoms with Crippen LogP contribution >= 0.6 is 11.3 Å². The molecule has 0 saturated carbocycles. The number of aryl methyl sites for hydroxylation is 1. The minimum absolute atomic E-state index is 0.207. The summed E-state index contributed by atoms with van der Waals surface area (Å²) in [6.45, 7) is 11.6. The summed E-state index contributed by atoms with van der Waals surface area (Å²) in [6.07, 6.45) is 0. The summed E-state index contributed by atoms with van der Waals surface area (Å²) in [4.78, 5) is 6.77. The van der Waals surface area contributed by atoms with Gasteiger partial charge < -0.3 is 5.32 Å². The lowest BCUT2D eigenvalue weighted by atomic mass is 10.1. The van der Waals surface area contributed by atoms with Crippen LogP contribution < -0.4 is 5.32 Å². The highest BCUT2D eigenvalue weighted by atomic mass is 32.1. The quantitative estimate of drug-likeness (QED) is 0.857. The molecule has 1 N–H and O–H groups in total. The summed E-state index contributed by atoms with van der Waals surface area (Å²) in [5, 5.41) is 6.80. The van der Waals surface area contributed by atoms with Crippen LogP contribution in [0.3, 0.4) is 0 Å². The molecule has 1 heterocycles. The maximum absolute atomic E-state index is 4.46. The molecule has 0 aliphatic carbocycles. The van der Waals surface area contributed by atoms with Crippen LogP contribution in [0.2, 0.25) is 0 Å². The van der Waals surface area contributed by atoms with Crippen LogP contribution in [0, 0.1) is 6.92 Å². The van der Waals surface area contributed by atoms with Crippen LogP contribution in [0.5, 0.6) is 0 Å². The van der Waals surface area contributed by atoms with Crippen molar-refractivity contribution in [2.75, 3.05) is 20.1 Å². The molecule has 0 bridgehead atoms. The Bertz CT molecular complexity index is 314. The first kappa shape index (κ1) is 13.6. The van der Waals surface area contributed by atoms with E-state index in [-0.39, 0.29) is 5.54 Å². The second kappa shape index (κ2) is 5.75. The van der Waals surface area contributed by atoms with Crippen molar-refractivity contribution < 1.29 is 0 Å². The molecule has 0 aliphatic heterocycles. The fourth-order valence-electron chi connectivity index (χ4n) is 1.41. The molecule has 4 heteroatoms. The largest absolute Gasteiger partial charge is 0.311 e. The number of rotatable bonds is 5. The fraction of sp³-hybridized carbons (Fsp3) is 0.750. The van der Waals surface area contributed by atoms with Gasteiger partial charge in [-0.2, -0.15) is 0 Å². The lowest BCUT2D eigenvalue weighted by molar-refractivity contribution is 0.303. The number of hydrogen-bond donors (Lipinski definition) is 1. The van der Waals surface area contributed by atoms with Crippen molar-refractivity contribution in [2.45, 2.75) is 39.8 Å². The topological polar surface area (TPSA) is 28.2 Å². The minimum Gasteiger partial charge on any atom is -0.311 e. The molecule has 1 rings (SSSR count). The normalized spacial score (nSPS) is 12.4. The van der Waals surface area contributed by atoms with Gasteiger partial charge in [-0.1, -0.05) is 0 Å². The minimum atomic E-state index is 0.207. The molecule has 0 aromatic carbocycles. The van der Waals surface area contributed by atoms with E-state index in [0.29, 0.717) is 0 Å². The van der Waals surface area contributed by atoms with E-state index in [1.807, 2.05) is 6.92 Å². The average molecular weight is 241 g/mol. The molecular weight excluding hydrogens is 218 g/mol. The Morgan fingerprint density at radius 1 is 1.44 bits per heavy atom. The highest BCUT2D eigenvalue weighted by Gasteiger charge is 2.09. The molecule has 0 radical (unpaired) electrons. The van der Waals surface area contributed by atoms with Gasteiger partial charge >= 0.3 is 0 Å². The first-order valence-corrected chi connectivity index (χ1v) is 6.59. The van der Waals surface area contributed by atoms with Gasteiger partial charge in [0.1, 0.15) is 5.01 Å². The molecular formula is C12H23N3S. The van der Waals surface area contributed by atoms with Crippen LogP contribution in [-0.2, 0) is 6.54 Å². The lowest BCUT2D eigenvalue weighted by Crippen LogP contribution is -2.40. The Labute approximate surface area is 103 Å². The monoisotopic (exact) mass is 241 g/mol. The van der Waals surface area contributed by atoms with Gasteiger partial charge in [0.05, 0.1) is 6.54 Å².